The molecule has 6 rings (SSSR count). The second-order valence-corrected chi connectivity index (χ2v) is 10.7. The Bertz CT molecular complexity index is 1910. The molecular formula is C32H33FN8O4. The van der Waals surface area contributed by atoms with Crippen molar-refractivity contribution in [3.05, 3.63) is 72.7 Å². The molecule has 0 spiro atoms. The summed E-state index contributed by atoms with van der Waals surface area (Å²) in [6.07, 6.45) is 7.81. The average molecular weight is 613 g/mol. The van der Waals surface area contributed by atoms with Crippen molar-refractivity contribution in [3.63, 3.8) is 0 Å². The first-order chi connectivity index (χ1) is 21.8. The summed E-state index contributed by atoms with van der Waals surface area (Å²) in [5, 5.41) is 10.7. The van der Waals surface area contributed by atoms with Crippen LogP contribution in [-0.2, 0) is 4.79 Å². The number of halogens is 1. The lowest BCUT2D eigenvalue weighted by atomic mass is 10.1. The van der Waals surface area contributed by atoms with Crippen LogP contribution in [0.25, 0.3) is 16.6 Å². The van der Waals surface area contributed by atoms with Crippen molar-refractivity contribution in [2.75, 3.05) is 37.9 Å². The first-order valence-corrected chi connectivity index (χ1v) is 14.6. The predicted octanol–water partition coefficient (Wildman–Crippen LogP) is 5.81. The van der Waals surface area contributed by atoms with E-state index in [1.807, 2.05) is 31.9 Å². The summed E-state index contributed by atoms with van der Waals surface area (Å²) in [4.78, 5) is 28.0. The summed E-state index contributed by atoms with van der Waals surface area (Å²) in [5.41, 5.74) is 2.99. The number of likely N-dealkylation sites (N-methyl/N-ethyl adjacent to an activating group) is 1. The molecule has 1 fully saturated rings. The van der Waals surface area contributed by atoms with Crippen molar-refractivity contribution in [1.82, 2.24) is 29.5 Å². The summed E-state index contributed by atoms with van der Waals surface area (Å²) in [5.74, 6) is 0.831. The number of methoxy groups -OCH3 is 1. The van der Waals surface area contributed by atoms with Gasteiger partial charge in [-0.1, -0.05) is 0 Å². The highest BCUT2D eigenvalue weighted by Crippen LogP contribution is 2.39. The Morgan fingerprint density at radius 3 is 2.73 bits per heavy atom. The van der Waals surface area contributed by atoms with Gasteiger partial charge in [-0.25, -0.2) is 23.9 Å². The molecule has 1 amide bonds. The van der Waals surface area contributed by atoms with E-state index in [1.165, 1.54) is 18.7 Å². The zero-order valence-electron chi connectivity index (χ0n) is 25.4. The summed E-state index contributed by atoms with van der Waals surface area (Å²) in [6.45, 7) is 4.95. The molecule has 1 aliphatic rings. The van der Waals surface area contributed by atoms with Gasteiger partial charge in [0.15, 0.2) is 11.5 Å². The van der Waals surface area contributed by atoms with Gasteiger partial charge in [0.1, 0.15) is 41.5 Å². The smallest absolute Gasteiger partial charge is 0.284 e. The molecular weight excluding hydrogens is 579 g/mol. The fourth-order valence-electron chi connectivity index (χ4n) is 5.29. The van der Waals surface area contributed by atoms with Crippen LogP contribution in [0.2, 0.25) is 0 Å². The van der Waals surface area contributed by atoms with E-state index in [2.05, 4.69) is 30.7 Å². The number of aryl methyl sites for hydroxylation is 1. The Balaban J connectivity index is 1.29. The van der Waals surface area contributed by atoms with Gasteiger partial charge in [0.25, 0.3) is 5.91 Å². The molecule has 1 atom stereocenters. The highest BCUT2D eigenvalue weighted by molar-refractivity contribution is 6.05. The van der Waals surface area contributed by atoms with Gasteiger partial charge in [-0.15, -0.1) is 0 Å². The molecule has 0 bridgehead atoms. The Morgan fingerprint density at radius 2 is 1.96 bits per heavy atom. The van der Waals surface area contributed by atoms with Crippen LogP contribution in [0.1, 0.15) is 25.3 Å². The van der Waals surface area contributed by atoms with Crippen molar-refractivity contribution >= 4 is 39.6 Å². The van der Waals surface area contributed by atoms with E-state index in [-0.39, 0.29) is 6.04 Å². The van der Waals surface area contributed by atoms with E-state index in [0.29, 0.717) is 63.3 Å². The van der Waals surface area contributed by atoms with E-state index in [0.717, 1.165) is 24.9 Å². The molecule has 1 saturated heterocycles. The molecule has 5 aromatic rings. The Kier molecular flexibility index (Phi) is 8.43. The topological polar surface area (TPSA) is 128 Å². The number of hydrogen-bond donors (Lipinski definition) is 2. The molecule has 0 aliphatic carbocycles. The first kappa shape index (κ1) is 29.8. The highest BCUT2D eigenvalue weighted by Gasteiger charge is 2.23. The summed E-state index contributed by atoms with van der Waals surface area (Å²) in [6, 6.07) is 10.5. The third-order valence-electron chi connectivity index (χ3n) is 7.65. The minimum atomic E-state index is -0.849. The number of carbonyl (C=O) groups is 1. The van der Waals surface area contributed by atoms with Crippen molar-refractivity contribution in [2.45, 2.75) is 32.7 Å². The van der Waals surface area contributed by atoms with E-state index in [9.17, 15) is 9.18 Å². The quantitative estimate of drug-likeness (QED) is 0.187. The number of likely N-dealkylation sites (tertiary alicyclic amines) is 1. The normalized spacial score (nSPS) is 15.4. The van der Waals surface area contributed by atoms with Crippen molar-refractivity contribution < 1.29 is 23.4 Å². The van der Waals surface area contributed by atoms with Gasteiger partial charge >= 0.3 is 0 Å². The second kappa shape index (κ2) is 12.7. The molecule has 0 radical (unpaired) electrons. The third-order valence-corrected chi connectivity index (χ3v) is 7.65. The van der Waals surface area contributed by atoms with E-state index in [4.69, 9.17) is 14.2 Å². The molecule has 2 aromatic carbocycles. The standard InChI is InChI=1S/C32H33FN8O4/c1-5-44-29-15-24-22(14-26(29)39-32(42)23(33)12-20-7-6-9-40(20)3)31(36-17-34-24)38-25-11-19(2)27(16-28(25)43-4)45-21-8-10-41-30(13-21)35-18-37-41/h8,10-18,20H,5-7,9H2,1-4H3,(H,39,42)(H,34,36,38)/b23-12-. The van der Waals surface area contributed by atoms with E-state index < -0.39 is 11.7 Å². The Hall–Kier alpha value is -5.30. The third kappa shape index (κ3) is 6.34. The van der Waals surface area contributed by atoms with Gasteiger partial charge in [-0.3, -0.25) is 9.69 Å². The maximum atomic E-state index is 15.0. The van der Waals surface area contributed by atoms with Crippen LogP contribution in [0.3, 0.4) is 0 Å². The fourth-order valence-corrected chi connectivity index (χ4v) is 5.29. The number of anilines is 3. The summed E-state index contributed by atoms with van der Waals surface area (Å²) < 4.78 is 34.2. The molecule has 232 valence electrons. The van der Waals surface area contributed by atoms with Gasteiger partial charge < -0.3 is 24.8 Å². The maximum Gasteiger partial charge on any atom is 0.284 e. The zero-order valence-corrected chi connectivity index (χ0v) is 25.4. The van der Waals surface area contributed by atoms with Crippen molar-refractivity contribution in [1.29, 1.82) is 0 Å². The van der Waals surface area contributed by atoms with Gasteiger partial charge in [0, 0.05) is 35.8 Å². The number of nitrogens with one attached hydrogen (secondary N) is 2. The van der Waals surface area contributed by atoms with Crippen LogP contribution in [0.5, 0.6) is 23.0 Å². The van der Waals surface area contributed by atoms with Crippen LogP contribution in [-0.4, -0.2) is 68.7 Å². The first-order valence-electron chi connectivity index (χ1n) is 14.6. The molecule has 45 heavy (non-hydrogen) atoms. The number of nitrogens with zero attached hydrogens (tertiary/aromatic N) is 6. The number of ether oxygens (including phenoxy) is 3. The lowest BCUT2D eigenvalue weighted by Gasteiger charge is -2.17. The monoisotopic (exact) mass is 612 g/mol. The van der Waals surface area contributed by atoms with Crippen molar-refractivity contribution in [2.24, 2.45) is 0 Å². The van der Waals surface area contributed by atoms with Crippen LogP contribution < -0.4 is 24.8 Å². The number of aromatic nitrogens is 5. The number of rotatable bonds is 10. The zero-order chi connectivity index (χ0) is 31.5. The predicted molar refractivity (Wildman–Crippen MR) is 168 cm³/mol. The van der Waals surface area contributed by atoms with Gasteiger partial charge in [0.2, 0.25) is 0 Å². The van der Waals surface area contributed by atoms with E-state index in [1.54, 1.807) is 48.2 Å². The number of carbonyl (C=O) groups excluding carboxylic acids is 1. The van der Waals surface area contributed by atoms with E-state index >= 15 is 0 Å². The van der Waals surface area contributed by atoms with Crippen LogP contribution in [0.15, 0.2) is 67.2 Å². The van der Waals surface area contributed by atoms with Gasteiger partial charge in [0.05, 0.1) is 30.6 Å². The van der Waals surface area contributed by atoms with Crippen LogP contribution in [0.4, 0.5) is 21.6 Å². The molecule has 0 saturated carbocycles. The summed E-state index contributed by atoms with van der Waals surface area (Å²) in [7, 11) is 3.48. The average Bonchev–Trinajstić information content (AvgIpc) is 3.67. The fraction of sp³-hybridized carbons (Fsp3) is 0.281. The maximum absolute atomic E-state index is 15.0. The number of benzene rings is 2. The number of hydrogen-bond acceptors (Lipinski definition) is 10. The lowest BCUT2D eigenvalue weighted by molar-refractivity contribution is -0.114. The minimum Gasteiger partial charge on any atom is -0.494 e. The SMILES string of the molecule is CCOc1cc2ncnc(Nc3cc(C)c(Oc4ccn5ncnc5c4)cc3OC)c2cc1NC(=O)/C(F)=C/C1CCCN1C. The van der Waals surface area contributed by atoms with Gasteiger partial charge in [-0.05, 0) is 70.1 Å². The second-order valence-electron chi connectivity index (χ2n) is 10.7. The van der Waals surface area contributed by atoms with Crippen molar-refractivity contribution in [3.8, 4) is 23.0 Å². The number of fused-ring (bicyclic) bond motifs is 2. The van der Waals surface area contributed by atoms with Crippen LogP contribution in [0, 0.1) is 6.92 Å². The molecule has 3 aromatic heterocycles. The number of amides is 1. The minimum absolute atomic E-state index is 0.115. The number of pyridine rings is 1. The Morgan fingerprint density at radius 1 is 1.09 bits per heavy atom. The molecule has 4 heterocycles. The molecule has 12 nitrogen and oxygen atoms in total. The largest absolute Gasteiger partial charge is 0.494 e. The molecule has 1 aliphatic heterocycles. The lowest BCUT2D eigenvalue weighted by Crippen LogP contribution is -2.24. The van der Waals surface area contributed by atoms with Crippen LogP contribution >= 0.6 is 0 Å². The highest BCUT2D eigenvalue weighted by atomic mass is 19.1. The molecule has 2 N–H and O–H groups in total. The molecule has 1 unspecified atom stereocenters. The Labute approximate surface area is 258 Å². The van der Waals surface area contributed by atoms with Gasteiger partial charge in [-0.2, -0.15) is 5.10 Å². The summed E-state index contributed by atoms with van der Waals surface area (Å²) >= 11 is 0. The molecule has 13 heteroatoms.